The Morgan fingerprint density at radius 2 is 2.33 bits per heavy atom. The van der Waals surface area contributed by atoms with E-state index in [9.17, 15) is 5.11 Å². The van der Waals surface area contributed by atoms with E-state index in [2.05, 4.69) is 25.7 Å². The molecule has 1 saturated heterocycles. The minimum Gasteiger partial charge on any atom is -0.391 e. The van der Waals surface area contributed by atoms with Crippen LogP contribution >= 0.6 is 23.1 Å². The van der Waals surface area contributed by atoms with Gasteiger partial charge in [-0.05, 0) is 19.3 Å². The molecule has 2 heterocycles. The Kier molecular flexibility index (Phi) is 4.92. The van der Waals surface area contributed by atoms with Crippen molar-refractivity contribution in [3.05, 3.63) is 10.6 Å². The normalized spacial score (nSPS) is 22.2. The lowest BCUT2D eigenvalue weighted by Gasteiger charge is -2.32. The molecule has 1 fully saturated rings. The first-order valence-corrected chi connectivity index (χ1v) is 8.59. The van der Waals surface area contributed by atoms with Crippen molar-refractivity contribution in [2.75, 3.05) is 23.0 Å². The molecule has 0 aromatic carbocycles. The average Bonchev–Trinajstić information content (AvgIpc) is 2.82. The van der Waals surface area contributed by atoms with Gasteiger partial charge in [-0.3, -0.25) is 0 Å². The van der Waals surface area contributed by atoms with Crippen molar-refractivity contribution in [3.63, 3.8) is 0 Å². The van der Waals surface area contributed by atoms with E-state index in [0.29, 0.717) is 12.0 Å². The minimum atomic E-state index is 0.119. The van der Waals surface area contributed by atoms with Crippen molar-refractivity contribution in [3.8, 4) is 0 Å². The third kappa shape index (κ3) is 2.83. The molecule has 102 valence electrons. The van der Waals surface area contributed by atoms with Crippen molar-refractivity contribution < 1.29 is 5.11 Å². The van der Waals surface area contributed by atoms with Crippen LogP contribution in [0.1, 0.15) is 43.7 Å². The van der Waals surface area contributed by atoms with Crippen molar-refractivity contribution in [2.45, 2.75) is 45.8 Å². The maximum Gasteiger partial charge on any atom is 0.186 e. The highest BCUT2D eigenvalue weighted by Crippen LogP contribution is 2.34. The van der Waals surface area contributed by atoms with E-state index in [0.717, 1.165) is 28.7 Å². The van der Waals surface area contributed by atoms with Gasteiger partial charge >= 0.3 is 0 Å². The molecule has 0 radical (unpaired) electrons. The Morgan fingerprint density at radius 1 is 1.56 bits per heavy atom. The fraction of sp³-hybridized carbons (Fsp3) is 0.769. The van der Waals surface area contributed by atoms with Crippen LogP contribution in [0.15, 0.2) is 0 Å². The third-order valence-corrected chi connectivity index (χ3v) is 5.83. The number of hydrogen-bond donors (Lipinski definition) is 1. The summed E-state index contributed by atoms with van der Waals surface area (Å²) in [6.45, 7) is 7.81. The second-order valence-electron chi connectivity index (χ2n) is 4.89. The summed E-state index contributed by atoms with van der Waals surface area (Å²) in [6.07, 6.45) is 1.07. The van der Waals surface area contributed by atoms with Crippen LogP contribution in [0.5, 0.6) is 0 Å². The largest absolute Gasteiger partial charge is 0.391 e. The fourth-order valence-electron chi connectivity index (χ4n) is 2.18. The number of rotatable bonds is 4. The first-order valence-electron chi connectivity index (χ1n) is 6.62. The quantitative estimate of drug-likeness (QED) is 0.923. The third-order valence-electron chi connectivity index (χ3n) is 3.55. The highest BCUT2D eigenvalue weighted by atomic mass is 32.2. The van der Waals surface area contributed by atoms with Gasteiger partial charge in [0.05, 0.1) is 17.2 Å². The molecule has 3 nitrogen and oxygen atoms in total. The molecule has 18 heavy (non-hydrogen) atoms. The predicted octanol–water partition coefficient (Wildman–Crippen LogP) is 3.09. The monoisotopic (exact) mass is 286 g/mol. The molecule has 1 aliphatic rings. The van der Waals surface area contributed by atoms with Gasteiger partial charge in [0.2, 0.25) is 0 Å². The van der Waals surface area contributed by atoms with E-state index in [1.807, 2.05) is 11.8 Å². The zero-order valence-corrected chi connectivity index (χ0v) is 13.0. The number of thioether (sulfide) groups is 1. The molecule has 1 aromatic heterocycles. The fourth-order valence-corrected chi connectivity index (χ4v) is 4.36. The molecule has 1 N–H and O–H groups in total. The van der Waals surface area contributed by atoms with Gasteiger partial charge in [0.1, 0.15) is 0 Å². The van der Waals surface area contributed by atoms with E-state index < -0.39 is 0 Å². The standard InChI is InChI=1S/C13H22N2OS2/c1-4-9(2)12-11(7-16)18-13(14-12)15-5-6-17-8-10(15)3/h9-10,16H,4-8H2,1-3H3. The topological polar surface area (TPSA) is 36.4 Å². The lowest BCUT2D eigenvalue weighted by molar-refractivity contribution is 0.283. The van der Waals surface area contributed by atoms with Gasteiger partial charge in [-0.2, -0.15) is 11.8 Å². The molecule has 2 rings (SSSR count). The summed E-state index contributed by atoms with van der Waals surface area (Å²) in [6, 6.07) is 0.547. The molecule has 0 aliphatic carbocycles. The molecule has 1 aliphatic heterocycles. The lowest BCUT2D eigenvalue weighted by atomic mass is 10.0. The van der Waals surface area contributed by atoms with Crippen molar-refractivity contribution in [1.82, 2.24) is 4.98 Å². The minimum absolute atomic E-state index is 0.119. The number of aliphatic hydroxyl groups excluding tert-OH is 1. The van der Waals surface area contributed by atoms with E-state index in [4.69, 9.17) is 4.98 Å². The molecule has 0 amide bonds. The molecular formula is C13H22N2OS2. The Bertz CT molecular complexity index is 394. The Labute approximate surface area is 118 Å². The van der Waals surface area contributed by atoms with Gasteiger partial charge in [-0.15, -0.1) is 0 Å². The van der Waals surface area contributed by atoms with Crippen molar-refractivity contribution in [2.24, 2.45) is 0 Å². The summed E-state index contributed by atoms with van der Waals surface area (Å²) in [5, 5.41) is 10.6. The first-order chi connectivity index (χ1) is 8.67. The molecular weight excluding hydrogens is 264 g/mol. The number of anilines is 1. The average molecular weight is 286 g/mol. The van der Waals surface area contributed by atoms with Crippen LogP contribution in [0.25, 0.3) is 0 Å². The molecule has 1 aromatic rings. The number of aromatic nitrogens is 1. The van der Waals surface area contributed by atoms with Gasteiger partial charge in [-0.25, -0.2) is 4.98 Å². The smallest absolute Gasteiger partial charge is 0.186 e. The van der Waals surface area contributed by atoms with E-state index in [-0.39, 0.29) is 6.61 Å². The van der Waals surface area contributed by atoms with Gasteiger partial charge in [0.25, 0.3) is 0 Å². The van der Waals surface area contributed by atoms with Gasteiger partial charge in [0.15, 0.2) is 5.13 Å². The molecule has 5 heteroatoms. The second-order valence-corrected chi connectivity index (χ2v) is 7.10. The van der Waals surface area contributed by atoms with Crippen LogP contribution in [-0.4, -0.2) is 34.2 Å². The Morgan fingerprint density at radius 3 is 2.94 bits per heavy atom. The van der Waals surface area contributed by atoms with Crippen LogP contribution in [0.2, 0.25) is 0 Å². The Hall–Kier alpha value is -0.260. The van der Waals surface area contributed by atoms with Crippen LogP contribution in [0, 0.1) is 0 Å². The van der Waals surface area contributed by atoms with Crippen molar-refractivity contribution >= 4 is 28.2 Å². The van der Waals surface area contributed by atoms with Gasteiger partial charge in [-0.1, -0.05) is 25.2 Å². The number of nitrogens with zero attached hydrogens (tertiary/aromatic N) is 2. The number of hydrogen-bond acceptors (Lipinski definition) is 5. The maximum absolute atomic E-state index is 9.49. The number of thiazole rings is 1. The number of aliphatic hydroxyl groups is 1. The summed E-state index contributed by atoms with van der Waals surface area (Å²) in [7, 11) is 0. The van der Waals surface area contributed by atoms with Crippen LogP contribution < -0.4 is 4.90 Å². The molecule has 2 unspecified atom stereocenters. The predicted molar refractivity (Wildman–Crippen MR) is 80.9 cm³/mol. The van der Waals surface area contributed by atoms with Gasteiger partial charge < -0.3 is 10.0 Å². The van der Waals surface area contributed by atoms with E-state index in [1.54, 1.807) is 11.3 Å². The van der Waals surface area contributed by atoms with Crippen LogP contribution in [0.4, 0.5) is 5.13 Å². The van der Waals surface area contributed by atoms with E-state index >= 15 is 0 Å². The summed E-state index contributed by atoms with van der Waals surface area (Å²) in [5.41, 5.74) is 1.10. The highest BCUT2D eigenvalue weighted by Gasteiger charge is 2.24. The summed E-state index contributed by atoms with van der Waals surface area (Å²) < 4.78 is 0. The molecule has 2 atom stereocenters. The SMILES string of the molecule is CCC(C)c1nc(N2CCSCC2C)sc1CO. The van der Waals surface area contributed by atoms with E-state index in [1.165, 1.54) is 11.5 Å². The lowest BCUT2D eigenvalue weighted by Crippen LogP contribution is -2.40. The van der Waals surface area contributed by atoms with Crippen LogP contribution in [0.3, 0.4) is 0 Å². The second kappa shape index (κ2) is 6.26. The molecule has 0 saturated carbocycles. The van der Waals surface area contributed by atoms with Crippen molar-refractivity contribution in [1.29, 1.82) is 0 Å². The van der Waals surface area contributed by atoms with Crippen LogP contribution in [-0.2, 0) is 6.61 Å². The highest BCUT2D eigenvalue weighted by molar-refractivity contribution is 7.99. The zero-order valence-electron chi connectivity index (χ0n) is 11.3. The summed E-state index contributed by atoms with van der Waals surface area (Å²) in [4.78, 5) is 8.24. The first kappa shape index (κ1) is 14.2. The van der Waals surface area contributed by atoms with Gasteiger partial charge in [0, 0.05) is 24.1 Å². The summed E-state index contributed by atoms with van der Waals surface area (Å²) in [5.74, 6) is 2.79. The Balaban J connectivity index is 2.25. The molecule has 0 spiro atoms. The maximum atomic E-state index is 9.49. The zero-order chi connectivity index (χ0) is 13.1. The molecule has 0 bridgehead atoms. The summed E-state index contributed by atoms with van der Waals surface area (Å²) >= 11 is 3.68.